The number of hydrogen-bond donors (Lipinski definition) is 1. The van der Waals surface area contributed by atoms with Crippen molar-refractivity contribution >= 4 is 5.82 Å². The Morgan fingerprint density at radius 3 is 3.00 bits per heavy atom. The van der Waals surface area contributed by atoms with Gasteiger partial charge < -0.3 is 9.88 Å². The minimum Gasteiger partial charge on any atom is -0.369 e. The van der Waals surface area contributed by atoms with Gasteiger partial charge in [-0.1, -0.05) is 24.3 Å². The van der Waals surface area contributed by atoms with Crippen molar-refractivity contribution in [2.75, 3.05) is 11.9 Å². The van der Waals surface area contributed by atoms with Gasteiger partial charge in [-0.15, -0.1) is 0 Å². The standard InChI is InChI=1S/C14H14N4/c1-10-5-2-3-6-11(10)13-17-12(9-15)14-16-7-4-8-18(13)14/h2-3,5-6,16H,4,7-8H2,1H3. The predicted molar refractivity (Wildman–Crippen MR) is 70.2 cm³/mol. The van der Waals surface area contributed by atoms with Crippen LogP contribution >= 0.6 is 0 Å². The Kier molecular flexibility index (Phi) is 2.52. The molecule has 1 aliphatic rings. The molecule has 0 saturated heterocycles. The molecule has 0 aliphatic carbocycles. The van der Waals surface area contributed by atoms with E-state index >= 15 is 0 Å². The lowest BCUT2D eigenvalue weighted by molar-refractivity contribution is 0.635. The summed E-state index contributed by atoms with van der Waals surface area (Å²) < 4.78 is 2.12. The molecule has 18 heavy (non-hydrogen) atoms. The van der Waals surface area contributed by atoms with Gasteiger partial charge in [0, 0.05) is 18.7 Å². The van der Waals surface area contributed by atoms with Gasteiger partial charge in [-0.2, -0.15) is 5.26 Å². The molecule has 0 unspecified atom stereocenters. The van der Waals surface area contributed by atoms with Gasteiger partial charge >= 0.3 is 0 Å². The van der Waals surface area contributed by atoms with Crippen molar-refractivity contribution in [2.45, 2.75) is 19.9 Å². The number of fused-ring (bicyclic) bond motifs is 1. The molecule has 2 aromatic rings. The van der Waals surface area contributed by atoms with Gasteiger partial charge in [0.25, 0.3) is 0 Å². The molecule has 0 bridgehead atoms. The molecule has 0 atom stereocenters. The second kappa shape index (κ2) is 4.19. The molecule has 0 saturated carbocycles. The minimum atomic E-state index is 0.493. The van der Waals surface area contributed by atoms with Crippen LogP contribution in [0.5, 0.6) is 0 Å². The van der Waals surface area contributed by atoms with Crippen molar-refractivity contribution in [2.24, 2.45) is 0 Å². The van der Waals surface area contributed by atoms with Crippen molar-refractivity contribution in [3.63, 3.8) is 0 Å². The summed E-state index contributed by atoms with van der Waals surface area (Å²) in [7, 11) is 0. The quantitative estimate of drug-likeness (QED) is 0.830. The number of aromatic nitrogens is 2. The molecule has 1 aromatic carbocycles. The highest BCUT2D eigenvalue weighted by Crippen LogP contribution is 2.29. The van der Waals surface area contributed by atoms with Crippen molar-refractivity contribution in [1.29, 1.82) is 5.26 Å². The van der Waals surface area contributed by atoms with Crippen LogP contribution in [0.4, 0.5) is 5.82 Å². The van der Waals surface area contributed by atoms with Crippen LogP contribution in [0.3, 0.4) is 0 Å². The first kappa shape index (κ1) is 10.8. The summed E-state index contributed by atoms with van der Waals surface area (Å²) in [5.41, 5.74) is 2.78. The van der Waals surface area contributed by atoms with Gasteiger partial charge in [0.15, 0.2) is 5.69 Å². The summed E-state index contributed by atoms with van der Waals surface area (Å²) in [6.07, 6.45) is 1.06. The summed E-state index contributed by atoms with van der Waals surface area (Å²) in [6.45, 7) is 3.90. The molecule has 1 aliphatic heterocycles. The molecule has 1 aromatic heterocycles. The Morgan fingerprint density at radius 1 is 1.39 bits per heavy atom. The third-order valence-electron chi connectivity index (χ3n) is 3.31. The Bertz CT molecular complexity index is 634. The van der Waals surface area contributed by atoms with Crippen molar-refractivity contribution in [3.8, 4) is 17.5 Å². The fraction of sp³-hybridized carbons (Fsp3) is 0.286. The largest absolute Gasteiger partial charge is 0.369 e. The third kappa shape index (κ3) is 1.56. The molecule has 0 amide bonds. The van der Waals surface area contributed by atoms with Crippen LogP contribution in [0.2, 0.25) is 0 Å². The monoisotopic (exact) mass is 238 g/mol. The van der Waals surface area contributed by atoms with Crippen LogP contribution in [0, 0.1) is 18.3 Å². The lowest BCUT2D eigenvalue weighted by atomic mass is 10.1. The summed E-state index contributed by atoms with van der Waals surface area (Å²) in [5.74, 6) is 1.76. The number of imidazole rings is 1. The lowest BCUT2D eigenvalue weighted by Crippen LogP contribution is -2.17. The zero-order valence-corrected chi connectivity index (χ0v) is 10.3. The molecule has 2 heterocycles. The molecule has 4 heteroatoms. The molecule has 1 N–H and O–H groups in total. The van der Waals surface area contributed by atoms with Crippen LogP contribution in [0.1, 0.15) is 17.7 Å². The van der Waals surface area contributed by atoms with E-state index in [0.717, 1.165) is 36.7 Å². The zero-order chi connectivity index (χ0) is 12.5. The minimum absolute atomic E-state index is 0.493. The van der Waals surface area contributed by atoms with Crippen molar-refractivity contribution < 1.29 is 0 Å². The van der Waals surface area contributed by atoms with E-state index in [2.05, 4.69) is 40.0 Å². The average Bonchev–Trinajstić information content (AvgIpc) is 2.78. The highest BCUT2D eigenvalue weighted by atomic mass is 15.2. The SMILES string of the molecule is Cc1ccccc1-c1nc(C#N)c2n1CCCN2. The molecule has 0 fully saturated rings. The fourth-order valence-corrected chi connectivity index (χ4v) is 2.40. The molecule has 4 nitrogen and oxygen atoms in total. The fourth-order valence-electron chi connectivity index (χ4n) is 2.40. The van der Waals surface area contributed by atoms with Crippen LogP contribution < -0.4 is 5.32 Å². The van der Waals surface area contributed by atoms with Gasteiger partial charge in [0.2, 0.25) is 0 Å². The van der Waals surface area contributed by atoms with Crippen LogP contribution in [0.15, 0.2) is 24.3 Å². The summed E-state index contributed by atoms with van der Waals surface area (Å²) in [5, 5.41) is 12.4. The van der Waals surface area contributed by atoms with Crippen molar-refractivity contribution in [1.82, 2.24) is 9.55 Å². The van der Waals surface area contributed by atoms with E-state index in [1.807, 2.05) is 12.1 Å². The molecule has 0 spiro atoms. The van der Waals surface area contributed by atoms with E-state index in [1.165, 1.54) is 5.56 Å². The summed E-state index contributed by atoms with van der Waals surface area (Å²) >= 11 is 0. The maximum atomic E-state index is 9.16. The van der Waals surface area contributed by atoms with Gasteiger partial charge in [-0.25, -0.2) is 4.98 Å². The number of nitrogens with one attached hydrogen (secondary N) is 1. The highest BCUT2D eigenvalue weighted by Gasteiger charge is 2.21. The number of hydrogen-bond acceptors (Lipinski definition) is 3. The Morgan fingerprint density at radius 2 is 2.22 bits per heavy atom. The van der Waals surface area contributed by atoms with Gasteiger partial charge in [-0.05, 0) is 18.9 Å². The second-order valence-corrected chi connectivity index (χ2v) is 4.49. The predicted octanol–water partition coefficient (Wildman–Crippen LogP) is 2.55. The zero-order valence-electron chi connectivity index (χ0n) is 10.3. The number of rotatable bonds is 1. The Labute approximate surface area is 106 Å². The van der Waals surface area contributed by atoms with E-state index in [1.54, 1.807) is 0 Å². The van der Waals surface area contributed by atoms with Gasteiger partial charge in [0.1, 0.15) is 17.7 Å². The van der Waals surface area contributed by atoms with E-state index in [9.17, 15) is 0 Å². The number of benzene rings is 1. The first-order valence-electron chi connectivity index (χ1n) is 6.12. The average molecular weight is 238 g/mol. The second-order valence-electron chi connectivity index (χ2n) is 4.49. The van der Waals surface area contributed by atoms with Gasteiger partial charge in [0.05, 0.1) is 0 Å². The number of aryl methyl sites for hydroxylation is 1. The van der Waals surface area contributed by atoms with E-state index in [4.69, 9.17) is 5.26 Å². The van der Waals surface area contributed by atoms with Crippen LogP contribution in [0.25, 0.3) is 11.4 Å². The maximum absolute atomic E-state index is 9.16. The number of nitrogens with zero attached hydrogens (tertiary/aromatic N) is 3. The van der Waals surface area contributed by atoms with E-state index in [0.29, 0.717) is 5.69 Å². The van der Waals surface area contributed by atoms with Crippen molar-refractivity contribution in [3.05, 3.63) is 35.5 Å². The van der Waals surface area contributed by atoms with Crippen LogP contribution in [-0.2, 0) is 6.54 Å². The van der Waals surface area contributed by atoms with Gasteiger partial charge in [-0.3, -0.25) is 0 Å². The first-order chi connectivity index (χ1) is 8.81. The first-order valence-corrected chi connectivity index (χ1v) is 6.12. The molecule has 3 rings (SSSR count). The molecule has 0 radical (unpaired) electrons. The molecular formula is C14H14N4. The van der Waals surface area contributed by atoms with Crippen LogP contribution in [-0.4, -0.2) is 16.1 Å². The summed E-state index contributed by atoms with van der Waals surface area (Å²) in [6, 6.07) is 10.3. The normalized spacial score (nSPS) is 13.6. The van der Waals surface area contributed by atoms with E-state index < -0.39 is 0 Å². The smallest absolute Gasteiger partial charge is 0.183 e. The number of anilines is 1. The molecule has 90 valence electrons. The highest BCUT2D eigenvalue weighted by molar-refractivity contribution is 5.67. The Balaban J connectivity index is 2.22. The maximum Gasteiger partial charge on any atom is 0.183 e. The Hall–Kier alpha value is -2.28. The number of nitriles is 1. The topological polar surface area (TPSA) is 53.6 Å². The molecular weight excluding hydrogens is 224 g/mol. The third-order valence-corrected chi connectivity index (χ3v) is 3.31. The van der Waals surface area contributed by atoms with E-state index in [-0.39, 0.29) is 0 Å². The summed E-state index contributed by atoms with van der Waals surface area (Å²) in [4.78, 5) is 4.48. The lowest BCUT2D eigenvalue weighted by Gasteiger charge is -2.18.